The summed E-state index contributed by atoms with van der Waals surface area (Å²) in [5, 5.41) is 1.50. The molecule has 4 aromatic rings. The smallest absolute Gasteiger partial charge is 0.257 e. The van der Waals surface area contributed by atoms with Gasteiger partial charge in [0.2, 0.25) is 10.0 Å². The van der Waals surface area contributed by atoms with Crippen LogP contribution < -0.4 is 5.56 Å². The van der Waals surface area contributed by atoms with Crippen molar-refractivity contribution >= 4 is 31.8 Å². The van der Waals surface area contributed by atoms with E-state index in [4.69, 9.17) is 0 Å². The summed E-state index contributed by atoms with van der Waals surface area (Å²) in [6, 6.07) is 16.3. The van der Waals surface area contributed by atoms with E-state index >= 15 is 0 Å². The summed E-state index contributed by atoms with van der Waals surface area (Å²) in [5.74, 6) is 0. The predicted molar refractivity (Wildman–Crippen MR) is 123 cm³/mol. The van der Waals surface area contributed by atoms with Gasteiger partial charge in [-0.1, -0.05) is 24.3 Å². The molecule has 2 aromatic carbocycles. The molecule has 8 heteroatoms. The quantitative estimate of drug-likeness (QED) is 0.515. The summed E-state index contributed by atoms with van der Waals surface area (Å²) in [4.78, 5) is 21.2. The maximum atomic E-state index is 13.5. The first-order valence-corrected chi connectivity index (χ1v) is 11.7. The Morgan fingerprint density at radius 3 is 2.58 bits per heavy atom. The number of H-pyrrole nitrogens is 2. The molecule has 0 bridgehead atoms. The Labute approximate surface area is 180 Å². The summed E-state index contributed by atoms with van der Waals surface area (Å²) in [7, 11) is -0.0323. The Bertz CT molecular complexity index is 1450. The highest BCUT2D eigenvalue weighted by molar-refractivity contribution is 7.89. The van der Waals surface area contributed by atoms with Crippen LogP contribution in [0, 0.1) is 0 Å². The fourth-order valence-corrected chi connectivity index (χ4v) is 5.98. The number of fused-ring (bicyclic) bond motifs is 2. The Morgan fingerprint density at radius 1 is 1.03 bits per heavy atom. The number of nitrogens with one attached hydrogen (secondary N) is 2. The van der Waals surface area contributed by atoms with Crippen molar-refractivity contribution in [1.82, 2.24) is 19.2 Å². The maximum Gasteiger partial charge on any atom is 0.257 e. The Balaban J connectivity index is 1.62. The minimum absolute atomic E-state index is 0.0491. The number of para-hydroxylation sites is 1. The van der Waals surface area contributed by atoms with Crippen molar-refractivity contribution in [3.8, 4) is 11.3 Å². The van der Waals surface area contributed by atoms with Gasteiger partial charge >= 0.3 is 0 Å². The third-order valence-electron chi connectivity index (χ3n) is 6.21. The van der Waals surface area contributed by atoms with Crippen LogP contribution in [0.1, 0.15) is 6.42 Å². The van der Waals surface area contributed by atoms with E-state index in [-0.39, 0.29) is 16.5 Å². The van der Waals surface area contributed by atoms with E-state index in [9.17, 15) is 13.2 Å². The largest absolute Gasteiger partial charge is 0.354 e. The van der Waals surface area contributed by atoms with Gasteiger partial charge in [-0.05, 0) is 55.7 Å². The van der Waals surface area contributed by atoms with Crippen LogP contribution in [-0.4, -0.2) is 60.8 Å². The molecule has 7 nitrogen and oxygen atoms in total. The fourth-order valence-electron chi connectivity index (χ4n) is 4.40. The Morgan fingerprint density at radius 2 is 1.81 bits per heavy atom. The zero-order chi connectivity index (χ0) is 21.8. The fraction of sp³-hybridized carbons (Fsp3) is 0.261. The number of pyridine rings is 1. The van der Waals surface area contributed by atoms with Gasteiger partial charge in [-0.25, -0.2) is 8.42 Å². The molecule has 1 fully saturated rings. The average molecular weight is 437 g/mol. The third kappa shape index (κ3) is 3.37. The summed E-state index contributed by atoms with van der Waals surface area (Å²) in [5.41, 5.74) is 2.29. The number of likely N-dealkylation sites (tertiary alicyclic amines) is 1. The van der Waals surface area contributed by atoms with E-state index in [2.05, 4.69) is 14.9 Å². The second-order valence-corrected chi connectivity index (χ2v) is 10.2. The molecular formula is C23H24N4O3S. The monoisotopic (exact) mass is 436 g/mol. The number of rotatable bonds is 4. The van der Waals surface area contributed by atoms with Crippen LogP contribution in [0.3, 0.4) is 0 Å². The lowest BCUT2D eigenvalue weighted by atomic mass is 10.1. The average Bonchev–Trinajstić information content (AvgIpc) is 3.38. The number of hydrogen-bond donors (Lipinski definition) is 2. The van der Waals surface area contributed by atoms with Crippen molar-refractivity contribution in [1.29, 1.82) is 0 Å². The van der Waals surface area contributed by atoms with Crippen molar-refractivity contribution in [3.63, 3.8) is 0 Å². The minimum Gasteiger partial charge on any atom is -0.354 e. The van der Waals surface area contributed by atoms with E-state index < -0.39 is 10.0 Å². The molecule has 0 amide bonds. The van der Waals surface area contributed by atoms with Gasteiger partial charge in [0.15, 0.2) is 0 Å². The van der Waals surface area contributed by atoms with E-state index in [1.165, 1.54) is 4.31 Å². The van der Waals surface area contributed by atoms with Gasteiger partial charge in [0.05, 0.1) is 16.2 Å². The molecule has 1 aliphatic rings. The molecule has 0 radical (unpaired) electrons. The summed E-state index contributed by atoms with van der Waals surface area (Å²) in [6.07, 6.45) is 0.813. The maximum absolute atomic E-state index is 13.5. The molecule has 1 aliphatic heterocycles. The number of likely N-dealkylation sites (N-methyl/N-ethyl adjacent to an activating group) is 2. The molecule has 0 aliphatic carbocycles. The lowest BCUT2D eigenvalue weighted by Crippen LogP contribution is -2.38. The van der Waals surface area contributed by atoms with E-state index in [0.717, 1.165) is 30.4 Å². The van der Waals surface area contributed by atoms with Crippen LogP contribution in [0.25, 0.3) is 33.1 Å². The molecule has 1 saturated heterocycles. The number of sulfonamides is 1. The lowest BCUT2D eigenvalue weighted by molar-refractivity contribution is 0.345. The molecule has 1 unspecified atom stereocenters. The van der Waals surface area contributed by atoms with E-state index in [0.29, 0.717) is 22.2 Å². The first kappa shape index (κ1) is 20.0. The summed E-state index contributed by atoms with van der Waals surface area (Å²) >= 11 is 0. The normalized spacial score (nSPS) is 17.8. The molecule has 5 rings (SSSR count). The highest BCUT2D eigenvalue weighted by atomic mass is 32.2. The van der Waals surface area contributed by atoms with Crippen LogP contribution >= 0.6 is 0 Å². The highest BCUT2D eigenvalue weighted by Crippen LogP contribution is 2.31. The van der Waals surface area contributed by atoms with Crippen molar-refractivity contribution in [2.75, 3.05) is 27.2 Å². The molecule has 2 aromatic heterocycles. The molecule has 0 spiro atoms. The molecule has 0 saturated carbocycles. The molecule has 3 heterocycles. The molecule has 31 heavy (non-hydrogen) atoms. The zero-order valence-corrected chi connectivity index (χ0v) is 18.2. The van der Waals surface area contributed by atoms with Crippen LogP contribution in [0.15, 0.2) is 64.3 Å². The highest BCUT2D eigenvalue weighted by Gasteiger charge is 2.33. The van der Waals surface area contributed by atoms with Gasteiger partial charge < -0.3 is 14.9 Å². The van der Waals surface area contributed by atoms with Gasteiger partial charge in [-0.3, -0.25) is 4.79 Å². The van der Waals surface area contributed by atoms with Crippen LogP contribution in [0.2, 0.25) is 0 Å². The molecular weight excluding hydrogens is 412 g/mol. The SMILES string of the molecule is CN1CCC(N(C)S(=O)(=O)c2cccc3[nH]c(-c4cc5ccccc5[nH]c4=O)cc23)C1. The topological polar surface area (TPSA) is 89.3 Å². The standard InChI is InChI=1S/C23H24N4O3S/c1-26-11-10-16(14-26)27(2)31(29,30)22-9-5-8-20-17(22)13-21(24-20)18-12-15-6-3-4-7-19(15)25-23(18)28/h3-9,12-13,16,24H,10-11,14H2,1-2H3,(H,25,28). The number of aromatic amines is 2. The summed E-state index contributed by atoms with van der Waals surface area (Å²) < 4.78 is 28.4. The first-order valence-electron chi connectivity index (χ1n) is 10.3. The van der Waals surface area contributed by atoms with Crippen LogP contribution in [-0.2, 0) is 10.0 Å². The van der Waals surface area contributed by atoms with Crippen molar-refractivity contribution in [2.45, 2.75) is 17.4 Å². The van der Waals surface area contributed by atoms with Crippen LogP contribution in [0.5, 0.6) is 0 Å². The summed E-state index contributed by atoms with van der Waals surface area (Å²) in [6.45, 7) is 1.60. The van der Waals surface area contributed by atoms with Gasteiger partial charge in [-0.2, -0.15) is 4.31 Å². The first-order chi connectivity index (χ1) is 14.8. The second-order valence-electron chi connectivity index (χ2n) is 8.23. The third-order valence-corrected chi connectivity index (χ3v) is 8.17. The number of nitrogens with zero attached hydrogens (tertiary/aromatic N) is 2. The molecule has 2 N–H and O–H groups in total. The van der Waals surface area contributed by atoms with E-state index in [1.807, 2.05) is 43.4 Å². The van der Waals surface area contributed by atoms with Crippen molar-refractivity contribution < 1.29 is 8.42 Å². The number of benzene rings is 2. The Hall–Kier alpha value is -2.94. The van der Waals surface area contributed by atoms with Crippen molar-refractivity contribution in [3.05, 3.63) is 65.0 Å². The number of hydrogen-bond acceptors (Lipinski definition) is 4. The minimum atomic E-state index is -3.69. The van der Waals surface area contributed by atoms with Gasteiger partial charge in [0.25, 0.3) is 5.56 Å². The van der Waals surface area contributed by atoms with Crippen LogP contribution in [0.4, 0.5) is 0 Å². The molecule has 160 valence electrons. The van der Waals surface area contributed by atoms with E-state index in [1.54, 1.807) is 25.2 Å². The second kappa shape index (κ2) is 7.33. The van der Waals surface area contributed by atoms with Gasteiger partial charge in [0, 0.05) is 36.1 Å². The Kier molecular flexibility index (Phi) is 4.73. The predicted octanol–water partition coefficient (Wildman–Crippen LogP) is 3.00. The van der Waals surface area contributed by atoms with Crippen molar-refractivity contribution in [2.24, 2.45) is 0 Å². The molecule has 1 atom stereocenters. The van der Waals surface area contributed by atoms with Gasteiger partial charge in [-0.15, -0.1) is 0 Å². The lowest BCUT2D eigenvalue weighted by Gasteiger charge is -2.24. The number of aromatic nitrogens is 2. The zero-order valence-electron chi connectivity index (χ0n) is 17.4. The van der Waals surface area contributed by atoms with Gasteiger partial charge in [0.1, 0.15) is 0 Å².